The van der Waals surface area contributed by atoms with Gasteiger partial charge in [0, 0.05) is 10.7 Å². The number of hydrogen-bond acceptors (Lipinski definition) is 3. The van der Waals surface area contributed by atoms with Gasteiger partial charge in [-0.15, -0.1) is 0 Å². The fraction of sp³-hybridized carbons (Fsp3) is 0.0714. The van der Waals surface area contributed by atoms with Crippen LogP contribution in [0.25, 0.3) is 0 Å². The molecule has 0 spiro atoms. The van der Waals surface area contributed by atoms with Gasteiger partial charge in [0.2, 0.25) is 5.91 Å². The second-order valence-electron chi connectivity index (χ2n) is 4.05. The third-order valence-corrected chi connectivity index (χ3v) is 2.78. The third-order valence-electron chi connectivity index (χ3n) is 2.53. The SMILES string of the molecule is O=C(Cc1ccc(O)c(O)c1)Nc1ccc(Cl)cc1. The Kier molecular flexibility index (Phi) is 3.92. The molecule has 0 saturated heterocycles. The smallest absolute Gasteiger partial charge is 0.228 e. The normalized spacial score (nSPS) is 10.2. The molecule has 0 unspecified atom stereocenters. The molecule has 0 aromatic heterocycles. The molecule has 98 valence electrons. The maximum Gasteiger partial charge on any atom is 0.228 e. The number of carbonyl (C=O) groups is 1. The minimum absolute atomic E-state index is 0.108. The van der Waals surface area contributed by atoms with Crippen LogP contribution in [0.1, 0.15) is 5.56 Å². The fourth-order valence-corrected chi connectivity index (χ4v) is 1.73. The molecular weight excluding hydrogens is 266 g/mol. The molecule has 0 heterocycles. The minimum Gasteiger partial charge on any atom is -0.504 e. The largest absolute Gasteiger partial charge is 0.504 e. The van der Waals surface area contributed by atoms with Crippen LogP contribution < -0.4 is 5.32 Å². The van der Waals surface area contributed by atoms with Gasteiger partial charge in [0.05, 0.1) is 6.42 Å². The maximum atomic E-state index is 11.8. The number of amides is 1. The van der Waals surface area contributed by atoms with Gasteiger partial charge in [0.25, 0.3) is 0 Å². The van der Waals surface area contributed by atoms with Gasteiger partial charge in [-0.2, -0.15) is 0 Å². The van der Waals surface area contributed by atoms with Crippen molar-refractivity contribution in [1.82, 2.24) is 0 Å². The number of rotatable bonds is 3. The van der Waals surface area contributed by atoms with E-state index < -0.39 is 0 Å². The Hall–Kier alpha value is -2.20. The van der Waals surface area contributed by atoms with Gasteiger partial charge < -0.3 is 15.5 Å². The van der Waals surface area contributed by atoms with E-state index in [-0.39, 0.29) is 23.8 Å². The lowest BCUT2D eigenvalue weighted by atomic mass is 10.1. The fourth-order valence-electron chi connectivity index (χ4n) is 1.60. The van der Waals surface area contributed by atoms with Crippen LogP contribution in [0.2, 0.25) is 5.02 Å². The summed E-state index contributed by atoms with van der Waals surface area (Å²) in [5, 5.41) is 21.8. The topological polar surface area (TPSA) is 69.6 Å². The van der Waals surface area contributed by atoms with Crippen molar-refractivity contribution in [2.24, 2.45) is 0 Å². The number of carbonyl (C=O) groups excluding carboxylic acids is 1. The molecule has 0 bridgehead atoms. The molecule has 4 nitrogen and oxygen atoms in total. The summed E-state index contributed by atoms with van der Waals surface area (Å²) in [4.78, 5) is 11.8. The maximum absolute atomic E-state index is 11.8. The summed E-state index contributed by atoms with van der Waals surface area (Å²) in [6, 6.07) is 11.1. The highest BCUT2D eigenvalue weighted by Crippen LogP contribution is 2.25. The number of anilines is 1. The zero-order valence-electron chi connectivity index (χ0n) is 9.93. The molecule has 2 rings (SSSR count). The number of halogens is 1. The van der Waals surface area contributed by atoms with E-state index in [9.17, 15) is 15.0 Å². The lowest BCUT2D eigenvalue weighted by molar-refractivity contribution is -0.115. The van der Waals surface area contributed by atoms with Crippen LogP contribution in [0.4, 0.5) is 5.69 Å². The Balaban J connectivity index is 2.01. The first-order chi connectivity index (χ1) is 9.04. The highest BCUT2D eigenvalue weighted by Gasteiger charge is 2.06. The molecule has 2 aromatic rings. The molecule has 5 heteroatoms. The van der Waals surface area contributed by atoms with E-state index in [4.69, 9.17) is 11.6 Å². The second-order valence-corrected chi connectivity index (χ2v) is 4.49. The van der Waals surface area contributed by atoms with Crippen LogP contribution in [-0.2, 0) is 11.2 Å². The van der Waals surface area contributed by atoms with Crippen molar-refractivity contribution >= 4 is 23.2 Å². The standard InChI is InChI=1S/C14H12ClNO3/c15-10-2-4-11(5-3-10)16-14(19)8-9-1-6-12(17)13(18)7-9/h1-7,17-18H,8H2,(H,16,19). The van der Waals surface area contributed by atoms with E-state index in [2.05, 4.69) is 5.32 Å². The van der Waals surface area contributed by atoms with Crippen LogP contribution in [0.5, 0.6) is 11.5 Å². The summed E-state index contributed by atoms with van der Waals surface area (Å²) < 4.78 is 0. The van der Waals surface area contributed by atoms with Gasteiger partial charge >= 0.3 is 0 Å². The summed E-state index contributed by atoms with van der Waals surface area (Å²) in [5.41, 5.74) is 1.26. The summed E-state index contributed by atoms with van der Waals surface area (Å²) in [6.45, 7) is 0. The second kappa shape index (κ2) is 5.63. The third kappa shape index (κ3) is 3.63. The van der Waals surface area contributed by atoms with Crippen LogP contribution in [0, 0.1) is 0 Å². The number of aromatic hydroxyl groups is 2. The highest BCUT2D eigenvalue weighted by atomic mass is 35.5. The average Bonchev–Trinajstić information content (AvgIpc) is 2.37. The molecule has 2 aromatic carbocycles. The van der Waals surface area contributed by atoms with Gasteiger partial charge in [-0.1, -0.05) is 17.7 Å². The monoisotopic (exact) mass is 277 g/mol. The molecule has 3 N–H and O–H groups in total. The summed E-state index contributed by atoms with van der Waals surface area (Å²) in [6.07, 6.45) is 0.108. The van der Waals surface area contributed by atoms with Gasteiger partial charge in [0.15, 0.2) is 11.5 Å². The van der Waals surface area contributed by atoms with Crippen LogP contribution in [0.3, 0.4) is 0 Å². The molecule has 0 aliphatic carbocycles. The lowest BCUT2D eigenvalue weighted by Crippen LogP contribution is -2.14. The van der Waals surface area contributed by atoms with Crippen molar-refractivity contribution in [2.75, 3.05) is 5.32 Å². The summed E-state index contributed by atoms with van der Waals surface area (Å²) in [5.74, 6) is -0.661. The molecule has 0 radical (unpaired) electrons. The molecule has 0 aliphatic rings. The minimum atomic E-state index is -0.239. The van der Waals surface area contributed by atoms with Gasteiger partial charge in [-0.25, -0.2) is 0 Å². The number of phenolic OH excluding ortho intramolecular Hbond substituents is 2. The number of hydrogen-bond donors (Lipinski definition) is 3. The van der Waals surface area contributed by atoms with Crippen molar-refractivity contribution in [2.45, 2.75) is 6.42 Å². The number of nitrogens with one attached hydrogen (secondary N) is 1. The quantitative estimate of drug-likeness (QED) is 0.756. The zero-order valence-corrected chi connectivity index (χ0v) is 10.7. The predicted octanol–water partition coefficient (Wildman–Crippen LogP) is 2.93. The molecule has 0 fully saturated rings. The predicted molar refractivity (Wildman–Crippen MR) is 73.6 cm³/mol. The number of benzene rings is 2. The Morgan fingerprint density at radius 3 is 2.37 bits per heavy atom. The van der Waals surface area contributed by atoms with Crippen LogP contribution in [-0.4, -0.2) is 16.1 Å². The summed E-state index contributed by atoms with van der Waals surface area (Å²) in [7, 11) is 0. The first-order valence-electron chi connectivity index (χ1n) is 5.61. The van der Waals surface area contributed by atoms with E-state index in [1.54, 1.807) is 30.3 Å². The molecule has 0 saturated carbocycles. The van der Waals surface area contributed by atoms with Crippen molar-refractivity contribution in [1.29, 1.82) is 0 Å². The van der Waals surface area contributed by atoms with Gasteiger partial charge in [-0.05, 0) is 42.0 Å². The Morgan fingerprint density at radius 2 is 1.74 bits per heavy atom. The Morgan fingerprint density at radius 1 is 1.05 bits per heavy atom. The van der Waals surface area contributed by atoms with Crippen molar-refractivity contribution in [3.8, 4) is 11.5 Å². The first-order valence-corrected chi connectivity index (χ1v) is 5.98. The van der Waals surface area contributed by atoms with Crippen molar-refractivity contribution in [3.63, 3.8) is 0 Å². The Labute approximate surface area is 115 Å². The molecule has 19 heavy (non-hydrogen) atoms. The summed E-state index contributed by atoms with van der Waals surface area (Å²) >= 11 is 5.75. The van der Waals surface area contributed by atoms with Crippen LogP contribution in [0.15, 0.2) is 42.5 Å². The van der Waals surface area contributed by atoms with E-state index in [0.29, 0.717) is 16.3 Å². The Bertz CT molecular complexity index is 596. The van der Waals surface area contributed by atoms with Crippen molar-refractivity contribution < 1.29 is 15.0 Å². The average molecular weight is 278 g/mol. The van der Waals surface area contributed by atoms with Gasteiger partial charge in [0.1, 0.15) is 0 Å². The zero-order chi connectivity index (χ0) is 13.8. The van der Waals surface area contributed by atoms with E-state index in [1.165, 1.54) is 12.1 Å². The first kappa shape index (κ1) is 13.2. The molecular formula is C14H12ClNO3. The van der Waals surface area contributed by atoms with Gasteiger partial charge in [-0.3, -0.25) is 4.79 Å². The van der Waals surface area contributed by atoms with Crippen LogP contribution >= 0.6 is 11.6 Å². The van der Waals surface area contributed by atoms with E-state index in [0.717, 1.165) is 0 Å². The van der Waals surface area contributed by atoms with E-state index in [1.807, 2.05) is 0 Å². The highest BCUT2D eigenvalue weighted by molar-refractivity contribution is 6.30. The molecule has 1 amide bonds. The van der Waals surface area contributed by atoms with E-state index >= 15 is 0 Å². The molecule has 0 atom stereocenters. The lowest BCUT2D eigenvalue weighted by Gasteiger charge is -2.06. The molecule has 0 aliphatic heterocycles. The van der Waals surface area contributed by atoms with Crippen molar-refractivity contribution in [3.05, 3.63) is 53.1 Å². The number of phenols is 2.